The second kappa shape index (κ2) is 7.80. The van der Waals surface area contributed by atoms with Gasteiger partial charge in [0, 0.05) is 24.7 Å². The maximum absolute atomic E-state index is 12.6. The Morgan fingerprint density at radius 2 is 2.08 bits per heavy atom. The number of likely N-dealkylation sites (tertiary alicyclic amines) is 1. The second-order valence-corrected chi connectivity index (χ2v) is 5.90. The summed E-state index contributed by atoms with van der Waals surface area (Å²) < 4.78 is 10.7. The molecule has 0 atom stereocenters. The van der Waals surface area contributed by atoms with E-state index in [-0.39, 0.29) is 5.91 Å². The molecule has 5 heteroatoms. The molecule has 1 aromatic carbocycles. The number of hydrogen-bond donors (Lipinski definition) is 0. The summed E-state index contributed by atoms with van der Waals surface area (Å²) in [6, 6.07) is 11.3. The molecule has 5 nitrogen and oxygen atoms in total. The van der Waals surface area contributed by atoms with Crippen LogP contribution in [0.25, 0.3) is 11.3 Å². The number of rotatable bonds is 5. The molecule has 0 N–H and O–H groups in total. The van der Waals surface area contributed by atoms with Crippen molar-refractivity contribution >= 4 is 5.91 Å². The summed E-state index contributed by atoms with van der Waals surface area (Å²) >= 11 is 0. The number of amides is 1. The molecule has 24 heavy (non-hydrogen) atoms. The number of aromatic nitrogens is 1. The molecule has 1 aliphatic heterocycles. The Morgan fingerprint density at radius 3 is 2.79 bits per heavy atom. The van der Waals surface area contributed by atoms with Crippen LogP contribution < -0.4 is 0 Å². The number of terminal acetylenes is 1. The molecule has 1 fully saturated rings. The maximum atomic E-state index is 12.6. The van der Waals surface area contributed by atoms with Gasteiger partial charge in [0.1, 0.15) is 6.61 Å². The van der Waals surface area contributed by atoms with Crippen molar-refractivity contribution in [3.05, 3.63) is 42.1 Å². The number of piperidine rings is 1. The van der Waals surface area contributed by atoms with Crippen LogP contribution in [0.4, 0.5) is 0 Å². The van der Waals surface area contributed by atoms with E-state index in [2.05, 4.69) is 11.1 Å². The van der Waals surface area contributed by atoms with Crippen LogP contribution in [0.5, 0.6) is 0 Å². The fraction of sp³-hybridized carbons (Fsp3) is 0.368. The van der Waals surface area contributed by atoms with Gasteiger partial charge in [-0.2, -0.15) is 0 Å². The van der Waals surface area contributed by atoms with Gasteiger partial charge in [0.2, 0.25) is 0 Å². The van der Waals surface area contributed by atoms with Crippen molar-refractivity contribution in [1.82, 2.24) is 10.1 Å². The smallest absolute Gasteiger partial charge is 0.276 e. The highest BCUT2D eigenvalue weighted by molar-refractivity contribution is 5.93. The summed E-state index contributed by atoms with van der Waals surface area (Å²) in [6.45, 7) is 2.42. The van der Waals surface area contributed by atoms with Crippen LogP contribution in [0.1, 0.15) is 23.3 Å². The van der Waals surface area contributed by atoms with E-state index in [1.807, 2.05) is 35.2 Å². The lowest BCUT2D eigenvalue weighted by Gasteiger charge is -2.31. The second-order valence-electron chi connectivity index (χ2n) is 5.90. The zero-order valence-electron chi connectivity index (χ0n) is 13.5. The van der Waals surface area contributed by atoms with Crippen LogP contribution >= 0.6 is 0 Å². The molecular formula is C19H20N2O3. The molecule has 0 aliphatic carbocycles. The molecule has 0 unspecified atom stereocenters. The third-order valence-electron chi connectivity index (χ3n) is 4.23. The van der Waals surface area contributed by atoms with Gasteiger partial charge in [0.25, 0.3) is 5.91 Å². The summed E-state index contributed by atoms with van der Waals surface area (Å²) in [6.07, 6.45) is 7.00. The van der Waals surface area contributed by atoms with Gasteiger partial charge in [-0.3, -0.25) is 4.79 Å². The van der Waals surface area contributed by atoms with Gasteiger partial charge < -0.3 is 14.2 Å². The van der Waals surface area contributed by atoms with Crippen molar-refractivity contribution in [1.29, 1.82) is 0 Å². The average Bonchev–Trinajstić information content (AvgIpc) is 3.13. The molecule has 0 saturated carbocycles. The van der Waals surface area contributed by atoms with E-state index in [0.717, 1.165) is 18.4 Å². The first-order valence-electron chi connectivity index (χ1n) is 8.10. The van der Waals surface area contributed by atoms with Crippen LogP contribution in [-0.4, -0.2) is 42.3 Å². The van der Waals surface area contributed by atoms with Gasteiger partial charge in [0.05, 0.1) is 6.61 Å². The Labute approximate surface area is 141 Å². The van der Waals surface area contributed by atoms with E-state index in [4.69, 9.17) is 15.7 Å². The monoisotopic (exact) mass is 324 g/mol. The number of carbonyl (C=O) groups is 1. The molecule has 1 aliphatic rings. The summed E-state index contributed by atoms with van der Waals surface area (Å²) in [5.41, 5.74) is 1.27. The van der Waals surface area contributed by atoms with Crippen LogP contribution in [-0.2, 0) is 4.74 Å². The Balaban J connectivity index is 1.56. The van der Waals surface area contributed by atoms with Gasteiger partial charge >= 0.3 is 0 Å². The third kappa shape index (κ3) is 3.84. The highest BCUT2D eigenvalue weighted by atomic mass is 16.5. The summed E-state index contributed by atoms with van der Waals surface area (Å²) in [7, 11) is 0. The minimum absolute atomic E-state index is 0.0797. The van der Waals surface area contributed by atoms with Crippen molar-refractivity contribution in [2.45, 2.75) is 12.8 Å². The lowest BCUT2D eigenvalue weighted by molar-refractivity contribution is 0.0573. The Bertz CT molecular complexity index is 710. The van der Waals surface area contributed by atoms with Crippen molar-refractivity contribution in [2.24, 2.45) is 5.92 Å². The highest BCUT2D eigenvalue weighted by Gasteiger charge is 2.25. The molecule has 1 saturated heterocycles. The minimum atomic E-state index is -0.0797. The van der Waals surface area contributed by atoms with Crippen molar-refractivity contribution in [3.8, 4) is 23.7 Å². The zero-order chi connectivity index (χ0) is 16.8. The normalized spacial score (nSPS) is 15.2. The standard InChI is InChI=1S/C19H20N2O3/c1-2-12-23-14-15-8-10-21(11-9-15)19(22)17-13-18(24-20-17)16-6-4-3-5-7-16/h1,3-7,13,15H,8-12,14H2. The number of ether oxygens (including phenoxy) is 1. The topological polar surface area (TPSA) is 55.6 Å². The maximum Gasteiger partial charge on any atom is 0.276 e. The number of carbonyl (C=O) groups excluding carboxylic acids is 1. The first-order valence-corrected chi connectivity index (χ1v) is 8.10. The fourth-order valence-corrected chi connectivity index (χ4v) is 2.86. The lowest BCUT2D eigenvalue weighted by atomic mass is 9.97. The summed E-state index contributed by atoms with van der Waals surface area (Å²) in [5, 5.41) is 3.93. The largest absolute Gasteiger partial charge is 0.369 e. The van der Waals surface area contributed by atoms with Crippen molar-refractivity contribution in [3.63, 3.8) is 0 Å². The zero-order valence-corrected chi connectivity index (χ0v) is 13.5. The fourth-order valence-electron chi connectivity index (χ4n) is 2.86. The Hall–Kier alpha value is -2.58. The quantitative estimate of drug-likeness (QED) is 0.627. The van der Waals surface area contributed by atoms with Crippen LogP contribution in [0.3, 0.4) is 0 Å². The molecule has 1 aromatic heterocycles. The predicted octanol–water partition coefficient (Wildman–Crippen LogP) is 2.84. The van der Waals surface area contributed by atoms with Gasteiger partial charge in [-0.1, -0.05) is 41.4 Å². The molecular weight excluding hydrogens is 304 g/mol. The lowest BCUT2D eigenvalue weighted by Crippen LogP contribution is -2.39. The average molecular weight is 324 g/mol. The van der Waals surface area contributed by atoms with Gasteiger partial charge in [-0.05, 0) is 18.8 Å². The summed E-state index contributed by atoms with van der Waals surface area (Å²) in [5.74, 6) is 3.45. The van der Waals surface area contributed by atoms with E-state index >= 15 is 0 Å². The molecule has 0 radical (unpaired) electrons. The van der Waals surface area contributed by atoms with Gasteiger partial charge in [0.15, 0.2) is 11.5 Å². The molecule has 2 aromatic rings. The molecule has 124 valence electrons. The van der Waals surface area contributed by atoms with Gasteiger partial charge in [-0.15, -0.1) is 6.42 Å². The van der Waals surface area contributed by atoms with Crippen molar-refractivity contribution < 1.29 is 14.1 Å². The van der Waals surface area contributed by atoms with Crippen LogP contribution in [0.15, 0.2) is 40.9 Å². The van der Waals surface area contributed by atoms with Gasteiger partial charge in [-0.25, -0.2) is 0 Å². The number of benzene rings is 1. The molecule has 3 rings (SSSR count). The first-order chi connectivity index (χ1) is 11.8. The third-order valence-corrected chi connectivity index (χ3v) is 4.23. The van der Waals surface area contributed by atoms with E-state index in [1.54, 1.807) is 6.07 Å². The number of hydrogen-bond acceptors (Lipinski definition) is 4. The van der Waals surface area contributed by atoms with Crippen LogP contribution in [0.2, 0.25) is 0 Å². The Kier molecular flexibility index (Phi) is 5.29. The highest BCUT2D eigenvalue weighted by Crippen LogP contribution is 2.23. The van der Waals surface area contributed by atoms with Crippen LogP contribution in [0, 0.1) is 18.3 Å². The predicted molar refractivity (Wildman–Crippen MR) is 90.2 cm³/mol. The van der Waals surface area contributed by atoms with E-state index < -0.39 is 0 Å². The molecule has 2 heterocycles. The van der Waals surface area contributed by atoms with E-state index in [0.29, 0.717) is 43.7 Å². The molecule has 0 bridgehead atoms. The van der Waals surface area contributed by atoms with Crippen molar-refractivity contribution in [2.75, 3.05) is 26.3 Å². The molecule has 1 amide bonds. The van der Waals surface area contributed by atoms with E-state index in [9.17, 15) is 4.79 Å². The number of nitrogens with zero attached hydrogens (tertiary/aromatic N) is 2. The van der Waals surface area contributed by atoms with E-state index in [1.165, 1.54) is 0 Å². The minimum Gasteiger partial charge on any atom is -0.369 e. The Morgan fingerprint density at radius 1 is 1.33 bits per heavy atom. The first kappa shape index (κ1) is 16.3. The molecule has 0 spiro atoms. The summed E-state index contributed by atoms with van der Waals surface area (Å²) in [4.78, 5) is 14.4. The SMILES string of the molecule is C#CCOCC1CCN(C(=O)c2cc(-c3ccccc3)on2)CC1.